The van der Waals surface area contributed by atoms with Crippen LogP contribution in [0.3, 0.4) is 0 Å². The van der Waals surface area contributed by atoms with Crippen molar-refractivity contribution in [2.75, 3.05) is 19.6 Å². The average Bonchev–Trinajstić information content (AvgIpc) is 2.47. The van der Waals surface area contributed by atoms with E-state index < -0.39 is 10.0 Å². The summed E-state index contributed by atoms with van der Waals surface area (Å²) in [6, 6.07) is 6.60. The van der Waals surface area contributed by atoms with Crippen LogP contribution >= 0.6 is 0 Å². The fourth-order valence-electron chi connectivity index (χ4n) is 2.34. The fourth-order valence-corrected chi connectivity index (χ4v) is 3.60. The maximum atomic E-state index is 12.3. The largest absolute Gasteiger partial charge is 0.313 e. The summed E-state index contributed by atoms with van der Waals surface area (Å²) in [5.74, 6) is 0. The molecule has 0 amide bonds. The summed E-state index contributed by atoms with van der Waals surface area (Å²) in [6.45, 7) is 3.91. The highest BCUT2D eigenvalue weighted by Crippen LogP contribution is 2.17. The predicted octanol–water partition coefficient (Wildman–Crippen LogP) is 1.45. The Hall–Kier alpha value is -1.68. The van der Waals surface area contributed by atoms with E-state index in [1.165, 1.54) is 17.7 Å². The van der Waals surface area contributed by atoms with Gasteiger partial charge in [-0.1, -0.05) is 11.6 Å². The molecular formula is C15H19N3O2S. The number of hydrogen-bond acceptors (Lipinski definition) is 4. The minimum absolute atomic E-state index is 0.237. The third-order valence-electron chi connectivity index (χ3n) is 3.49. The van der Waals surface area contributed by atoms with Crippen LogP contribution in [0.4, 0.5) is 0 Å². The second kappa shape index (κ2) is 6.85. The van der Waals surface area contributed by atoms with Crippen LogP contribution in [0.15, 0.2) is 34.7 Å². The normalized spacial score (nSPS) is 15.3. The molecule has 0 bridgehead atoms. The lowest BCUT2D eigenvalue weighted by molar-refractivity contribution is 0.579. The first-order valence-corrected chi connectivity index (χ1v) is 8.40. The van der Waals surface area contributed by atoms with Gasteiger partial charge in [-0.3, -0.25) is 0 Å². The minimum atomic E-state index is -3.52. The quantitative estimate of drug-likeness (QED) is 0.807. The maximum Gasteiger partial charge on any atom is 0.240 e. The van der Waals surface area contributed by atoms with Crippen LogP contribution in [0.2, 0.25) is 0 Å². The predicted molar refractivity (Wildman–Crippen MR) is 81.3 cm³/mol. The molecule has 1 aliphatic rings. The van der Waals surface area contributed by atoms with Crippen molar-refractivity contribution >= 4 is 10.0 Å². The molecule has 2 N–H and O–H groups in total. The van der Waals surface area contributed by atoms with Crippen molar-refractivity contribution in [3.63, 3.8) is 0 Å². The lowest BCUT2D eigenvalue weighted by Crippen LogP contribution is -2.27. The first-order chi connectivity index (χ1) is 10.0. The second-order valence-corrected chi connectivity index (χ2v) is 6.79. The molecule has 6 heteroatoms. The number of hydrogen-bond donors (Lipinski definition) is 2. The van der Waals surface area contributed by atoms with Crippen LogP contribution in [0.1, 0.15) is 24.0 Å². The summed E-state index contributed by atoms with van der Waals surface area (Å²) in [5.41, 5.74) is 2.34. The van der Waals surface area contributed by atoms with Crippen molar-refractivity contribution in [1.29, 1.82) is 5.26 Å². The van der Waals surface area contributed by atoms with Crippen molar-refractivity contribution in [1.82, 2.24) is 10.0 Å². The highest BCUT2D eigenvalue weighted by atomic mass is 32.2. The van der Waals surface area contributed by atoms with E-state index in [-0.39, 0.29) is 4.90 Å². The topological polar surface area (TPSA) is 82.0 Å². The van der Waals surface area contributed by atoms with Crippen LogP contribution in [0.25, 0.3) is 0 Å². The number of benzene rings is 1. The molecule has 0 saturated carbocycles. The third kappa shape index (κ3) is 4.14. The summed E-state index contributed by atoms with van der Waals surface area (Å²) in [7, 11) is -3.52. The Kier molecular flexibility index (Phi) is 5.12. The smallest absolute Gasteiger partial charge is 0.240 e. The Labute approximate surface area is 125 Å². The summed E-state index contributed by atoms with van der Waals surface area (Å²) in [5, 5.41) is 12.0. The zero-order valence-corrected chi connectivity index (χ0v) is 12.8. The number of nitrogens with one attached hydrogen (secondary N) is 2. The first-order valence-electron chi connectivity index (χ1n) is 6.92. The van der Waals surface area contributed by atoms with Crippen LogP contribution in [0, 0.1) is 18.3 Å². The Bertz CT molecular complexity index is 687. The zero-order valence-electron chi connectivity index (χ0n) is 12.0. The molecule has 0 unspecified atom stereocenters. The Morgan fingerprint density at radius 1 is 1.43 bits per heavy atom. The van der Waals surface area contributed by atoms with E-state index in [1.54, 1.807) is 13.0 Å². The molecule has 0 radical (unpaired) electrons. The van der Waals surface area contributed by atoms with Gasteiger partial charge < -0.3 is 5.32 Å². The molecule has 0 atom stereocenters. The summed E-state index contributed by atoms with van der Waals surface area (Å²) in [4.78, 5) is 0.237. The fraction of sp³-hybridized carbons (Fsp3) is 0.400. The standard InChI is InChI=1S/C15H19N3O2S/c1-12-10-14(11-16)2-3-15(12)21(19,20)18-9-6-13-4-7-17-8-5-13/h2-4,10,17-18H,5-9H2,1H3. The van der Waals surface area contributed by atoms with Gasteiger partial charge in [-0.05, 0) is 50.1 Å². The summed E-state index contributed by atoms with van der Waals surface area (Å²) >= 11 is 0. The van der Waals surface area contributed by atoms with Gasteiger partial charge in [0.05, 0.1) is 16.5 Å². The molecule has 1 heterocycles. The highest BCUT2D eigenvalue weighted by Gasteiger charge is 2.16. The van der Waals surface area contributed by atoms with Gasteiger partial charge >= 0.3 is 0 Å². The van der Waals surface area contributed by atoms with Crippen molar-refractivity contribution < 1.29 is 8.42 Å². The van der Waals surface area contributed by atoms with E-state index in [1.807, 2.05) is 6.07 Å². The maximum absolute atomic E-state index is 12.3. The number of aryl methyl sites for hydroxylation is 1. The van der Waals surface area contributed by atoms with E-state index >= 15 is 0 Å². The van der Waals surface area contributed by atoms with Gasteiger partial charge in [-0.15, -0.1) is 0 Å². The minimum Gasteiger partial charge on any atom is -0.313 e. The zero-order chi connectivity index (χ0) is 15.3. The SMILES string of the molecule is Cc1cc(C#N)ccc1S(=O)(=O)NCCC1=CCNCC1. The van der Waals surface area contributed by atoms with Gasteiger partial charge in [0.15, 0.2) is 0 Å². The molecule has 0 fully saturated rings. The van der Waals surface area contributed by atoms with Crippen LogP contribution in [0.5, 0.6) is 0 Å². The number of rotatable bonds is 5. The first kappa shape index (κ1) is 15.7. The van der Waals surface area contributed by atoms with Crippen LogP contribution in [-0.2, 0) is 10.0 Å². The summed E-state index contributed by atoms with van der Waals surface area (Å²) < 4.78 is 27.2. The van der Waals surface area contributed by atoms with Gasteiger partial charge in [-0.25, -0.2) is 13.1 Å². The molecule has 21 heavy (non-hydrogen) atoms. The van der Waals surface area contributed by atoms with Crippen molar-refractivity contribution in [2.24, 2.45) is 0 Å². The van der Waals surface area contributed by atoms with E-state index in [0.717, 1.165) is 25.9 Å². The average molecular weight is 305 g/mol. The molecule has 0 aliphatic carbocycles. The molecule has 1 aromatic carbocycles. The monoisotopic (exact) mass is 305 g/mol. The summed E-state index contributed by atoms with van der Waals surface area (Å²) in [6.07, 6.45) is 3.82. The van der Waals surface area contributed by atoms with Crippen LogP contribution < -0.4 is 10.0 Å². The number of sulfonamides is 1. The van der Waals surface area contributed by atoms with E-state index in [4.69, 9.17) is 5.26 Å². The van der Waals surface area contributed by atoms with Gasteiger partial charge in [0.2, 0.25) is 10.0 Å². The van der Waals surface area contributed by atoms with Crippen molar-refractivity contribution in [3.05, 3.63) is 41.0 Å². The Morgan fingerprint density at radius 2 is 2.24 bits per heavy atom. The van der Waals surface area contributed by atoms with E-state index in [0.29, 0.717) is 17.7 Å². The van der Waals surface area contributed by atoms with Crippen LogP contribution in [-0.4, -0.2) is 28.1 Å². The molecule has 112 valence electrons. The van der Waals surface area contributed by atoms with Crippen molar-refractivity contribution in [3.8, 4) is 6.07 Å². The molecule has 5 nitrogen and oxygen atoms in total. The second-order valence-electron chi connectivity index (χ2n) is 5.06. The van der Waals surface area contributed by atoms with Gasteiger partial charge in [0.1, 0.15) is 0 Å². The lowest BCUT2D eigenvalue weighted by atomic mass is 10.1. The number of nitrogens with zero attached hydrogens (tertiary/aromatic N) is 1. The molecule has 0 saturated heterocycles. The Morgan fingerprint density at radius 3 is 2.86 bits per heavy atom. The molecule has 1 aliphatic heterocycles. The van der Waals surface area contributed by atoms with Gasteiger partial charge in [-0.2, -0.15) is 5.26 Å². The Balaban J connectivity index is 2.01. The molecule has 1 aromatic rings. The molecule has 0 spiro atoms. The highest BCUT2D eigenvalue weighted by molar-refractivity contribution is 7.89. The van der Waals surface area contributed by atoms with Gasteiger partial charge in [0.25, 0.3) is 0 Å². The number of nitriles is 1. The van der Waals surface area contributed by atoms with E-state index in [2.05, 4.69) is 16.1 Å². The molecule has 0 aromatic heterocycles. The molecule has 2 rings (SSSR count). The third-order valence-corrected chi connectivity index (χ3v) is 5.11. The molecular weight excluding hydrogens is 286 g/mol. The van der Waals surface area contributed by atoms with Crippen molar-refractivity contribution in [2.45, 2.75) is 24.7 Å². The lowest BCUT2D eigenvalue weighted by Gasteiger charge is -2.14. The van der Waals surface area contributed by atoms with Gasteiger partial charge in [0, 0.05) is 13.1 Å². The van der Waals surface area contributed by atoms with E-state index in [9.17, 15) is 8.42 Å².